The molecule has 0 aromatic rings. The van der Waals surface area contributed by atoms with Crippen molar-refractivity contribution in [3.8, 4) is 0 Å². The fourth-order valence-electron chi connectivity index (χ4n) is 12.0. The van der Waals surface area contributed by atoms with Crippen LogP contribution in [0.5, 0.6) is 0 Å². The molecule has 0 bridgehead atoms. The molecule has 1 aliphatic heterocycles. The van der Waals surface area contributed by atoms with Gasteiger partial charge in [-0.15, -0.1) is 0 Å². The molecule has 1 heterocycles. The number of aliphatic hydroxyl groups is 6. The molecule has 2 unspecified atom stereocenters. The van der Waals surface area contributed by atoms with Crippen molar-refractivity contribution in [1.29, 1.82) is 0 Å². The van der Waals surface area contributed by atoms with Crippen molar-refractivity contribution in [3.63, 3.8) is 0 Å². The van der Waals surface area contributed by atoms with E-state index >= 15 is 0 Å². The lowest BCUT2D eigenvalue weighted by Crippen LogP contribution is -2.68. The highest BCUT2D eigenvalue weighted by atomic mass is 16.7. The highest BCUT2D eigenvalue weighted by Gasteiger charge is 2.70. The van der Waals surface area contributed by atoms with E-state index in [0.717, 1.165) is 51.4 Å². The summed E-state index contributed by atoms with van der Waals surface area (Å²) in [6, 6.07) is 0. The lowest BCUT2D eigenvalue weighted by atomic mass is 9.33. The van der Waals surface area contributed by atoms with Gasteiger partial charge >= 0.3 is 0 Å². The monoisotopic (exact) mass is 606 g/mol. The Bertz CT molecular complexity index is 1130. The minimum atomic E-state index is -1.39. The summed E-state index contributed by atoms with van der Waals surface area (Å²) in [6.07, 6.45) is 3.06. The molecule has 0 amide bonds. The second-order valence-electron chi connectivity index (χ2n) is 17.5. The van der Waals surface area contributed by atoms with Crippen molar-refractivity contribution in [2.45, 2.75) is 143 Å². The van der Waals surface area contributed by atoms with Crippen LogP contribution in [0.15, 0.2) is 11.6 Å². The van der Waals surface area contributed by atoms with Gasteiger partial charge in [0.05, 0.1) is 31.5 Å². The third kappa shape index (κ3) is 4.23. The fraction of sp³-hybridized carbons (Fsp3) is 0.943. The van der Waals surface area contributed by atoms with Gasteiger partial charge in [-0.2, -0.15) is 0 Å². The van der Waals surface area contributed by atoms with Gasteiger partial charge < -0.3 is 40.1 Å². The second-order valence-corrected chi connectivity index (χ2v) is 17.5. The Balaban J connectivity index is 1.32. The first-order valence-electron chi connectivity index (χ1n) is 16.9. The first kappa shape index (κ1) is 32.4. The number of fused-ring (bicyclic) bond motifs is 7. The average Bonchev–Trinajstić information content (AvgIpc) is 2.95. The first-order chi connectivity index (χ1) is 19.9. The van der Waals surface area contributed by atoms with Crippen LogP contribution >= 0.6 is 0 Å². The molecular weight excluding hydrogens is 548 g/mol. The SMILES string of the molecule is CC1(C)C[C@H]2C3=CCC4[C@@]5(C)CC[C@H](O)[C@](C)(CO)C5CC[C@@]4(C)[C@]3(C)CC[C@@]2(C)[C@H](O)[C@@H]1O[C@@H]1OC[C@@H](O)[C@H](O)[C@H]1O. The number of ether oxygens (including phenoxy) is 2. The Morgan fingerprint density at radius 1 is 0.837 bits per heavy atom. The zero-order chi connectivity index (χ0) is 31.5. The van der Waals surface area contributed by atoms with Crippen molar-refractivity contribution in [3.05, 3.63) is 11.6 Å². The van der Waals surface area contributed by atoms with Gasteiger partial charge in [0.2, 0.25) is 0 Å². The molecule has 6 N–H and O–H groups in total. The molecule has 246 valence electrons. The Kier molecular flexibility index (Phi) is 7.68. The van der Waals surface area contributed by atoms with Gasteiger partial charge in [-0.1, -0.05) is 60.1 Å². The zero-order valence-corrected chi connectivity index (χ0v) is 27.4. The highest BCUT2D eigenvalue weighted by Crippen LogP contribution is 2.75. The summed E-state index contributed by atoms with van der Waals surface area (Å²) in [5, 5.41) is 64.4. The van der Waals surface area contributed by atoms with E-state index in [0.29, 0.717) is 5.92 Å². The summed E-state index contributed by atoms with van der Waals surface area (Å²) in [4.78, 5) is 0. The number of hydrogen-bond acceptors (Lipinski definition) is 8. The summed E-state index contributed by atoms with van der Waals surface area (Å²) >= 11 is 0. The van der Waals surface area contributed by atoms with E-state index < -0.39 is 59.2 Å². The molecule has 4 saturated carbocycles. The van der Waals surface area contributed by atoms with E-state index in [4.69, 9.17) is 9.47 Å². The summed E-state index contributed by atoms with van der Waals surface area (Å²) < 4.78 is 11.9. The smallest absolute Gasteiger partial charge is 0.186 e. The van der Waals surface area contributed by atoms with Gasteiger partial charge in [-0.3, -0.25) is 0 Å². The molecule has 43 heavy (non-hydrogen) atoms. The van der Waals surface area contributed by atoms with Crippen LogP contribution in [-0.2, 0) is 9.47 Å². The summed E-state index contributed by atoms with van der Waals surface area (Å²) in [7, 11) is 0. The van der Waals surface area contributed by atoms with Crippen LogP contribution in [0.25, 0.3) is 0 Å². The van der Waals surface area contributed by atoms with Crippen molar-refractivity contribution >= 4 is 0 Å². The van der Waals surface area contributed by atoms with Gasteiger partial charge in [0.1, 0.15) is 18.3 Å². The third-order valence-corrected chi connectivity index (χ3v) is 15.2. The highest BCUT2D eigenvalue weighted by molar-refractivity contribution is 5.34. The van der Waals surface area contributed by atoms with Crippen LogP contribution in [0.3, 0.4) is 0 Å². The average molecular weight is 607 g/mol. The molecule has 1 saturated heterocycles. The molecular formula is C35H58O8. The van der Waals surface area contributed by atoms with Crippen LogP contribution < -0.4 is 0 Å². The van der Waals surface area contributed by atoms with Crippen LogP contribution in [0.1, 0.15) is 99.8 Å². The molecule has 8 heteroatoms. The van der Waals surface area contributed by atoms with Crippen LogP contribution in [-0.4, -0.2) is 86.8 Å². The number of aliphatic hydroxyl groups excluding tert-OH is 6. The second kappa shape index (κ2) is 10.2. The van der Waals surface area contributed by atoms with Gasteiger partial charge in [0, 0.05) is 10.8 Å². The Labute approximate surface area is 257 Å². The Hall–Kier alpha value is -0.580. The molecule has 15 atom stereocenters. The quantitative estimate of drug-likeness (QED) is 0.212. The van der Waals surface area contributed by atoms with Gasteiger partial charge in [-0.25, -0.2) is 0 Å². The molecule has 5 fully saturated rings. The minimum Gasteiger partial charge on any atom is -0.396 e. The van der Waals surface area contributed by atoms with Crippen molar-refractivity contribution in [2.24, 2.45) is 50.2 Å². The van der Waals surface area contributed by atoms with Gasteiger partial charge in [0.15, 0.2) is 6.29 Å². The lowest BCUT2D eigenvalue weighted by Gasteiger charge is -2.72. The Morgan fingerprint density at radius 3 is 2.21 bits per heavy atom. The topological polar surface area (TPSA) is 140 Å². The number of hydrogen-bond donors (Lipinski definition) is 6. The van der Waals surface area contributed by atoms with E-state index in [1.165, 1.54) is 5.57 Å². The molecule has 8 nitrogen and oxygen atoms in total. The molecule has 5 aliphatic carbocycles. The molecule has 0 radical (unpaired) electrons. The molecule has 6 rings (SSSR count). The van der Waals surface area contributed by atoms with E-state index in [1.54, 1.807) is 0 Å². The van der Waals surface area contributed by atoms with Crippen molar-refractivity contribution in [1.82, 2.24) is 0 Å². The maximum Gasteiger partial charge on any atom is 0.186 e. The van der Waals surface area contributed by atoms with Gasteiger partial charge in [0.25, 0.3) is 0 Å². The number of allylic oxidation sites excluding steroid dienone is 2. The van der Waals surface area contributed by atoms with Crippen molar-refractivity contribution in [2.75, 3.05) is 13.2 Å². The largest absolute Gasteiger partial charge is 0.396 e. The molecule has 6 aliphatic rings. The summed E-state index contributed by atoms with van der Waals surface area (Å²) in [5.74, 6) is 0.920. The predicted octanol–water partition coefficient (Wildman–Crippen LogP) is 3.55. The molecule has 0 aromatic heterocycles. The predicted molar refractivity (Wildman–Crippen MR) is 162 cm³/mol. The number of rotatable bonds is 3. The van der Waals surface area contributed by atoms with Crippen LogP contribution in [0.4, 0.5) is 0 Å². The molecule has 0 aromatic carbocycles. The van der Waals surface area contributed by atoms with E-state index in [9.17, 15) is 30.6 Å². The maximum atomic E-state index is 12.1. The summed E-state index contributed by atoms with van der Waals surface area (Å²) in [5.41, 5.74) is 0.253. The third-order valence-electron chi connectivity index (χ3n) is 15.2. The standard InChI is InChI=1S/C35H58O8/c1-30(2)16-20-19-8-9-23-32(4)12-11-24(38)33(5,18-36)22(32)10-13-35(23,7)34(19,6)15-14-31(20,3)27(41)28(30)43-29-26(40)25(39)21(37)17-42-29/h8,20-29,36-41H,9-18H2,1-7H3/t20-,21+,22?,23?,24-,25-,26+,27+,28-,29-,31+,32-,33+,34+,35+/m0/s1. The minimum absolute atomic E-state index is 0.0217. The normalized spacial score (nSPS) is 57.9. The Morgan fingerprint density at radius 2 is 1.53 bits per heavy atom. The van der Waals surface area contributed by atoms with Crippen LogP contribution in [0, 0.1) is 50.2 Å². The molecule has 0 spiro atoms. The van der Waals surface area contributed by atoms with Crippen LogP contribution in [0.2, 0.25) is 0 Å². The first-order valence-corrected chi connectivity index (χ1v) is 16.9. The van der Waals surface area contributed by atoms with Gasteiger partial charge in [-0.05, 0) is 90.8 Å². The zero-order valence-electron chi connectivity index (χ0n) is 27.4. The fourth-order valence-corrected chi connectivity index (χ4v) is 12.0. The van der Waals surface area contributed by atoms with Crippen molar-refractivity contribution < 1.29 is 40.1 Å². The lowest BCUT2D eigenvalue weighted by molar-refractivity contribution is -0.318. The maximum absolute atomic E-state index is 12.1. The van der Waals surface area contributed by atoms with E-state index in [2.05, 4.69) is 54.5 Å². The van der Waals surface area contributed by atoms with E-state index in [1.807, 2.05) is 0 Å². The van der Waals surface area contributed by atoms with E-state index in [-0.39, 0.29) is 41.3 Å². The summed E-state index contributed by atoms with van der Waals surface area (Å²) in [6.45, 7) is 15.9.